The third kappa shape index (κ3) is 1.46. The van der Waals surface area contributed by atoms with Crippen molar-refractivity contribution in [1.29, 1.82) is 5.26 Å². The Morgan fingerprint density at radius 2 is 2.31 bits per heavy atom. The Kier molecular flexibility index (Phi) is 2.11. The van der Waals surface area contributed by atoms with Crippen LogP contribution in [0.25, 0.3) is 0 Å². The summed E-state index contributed by atoms with van der Waals surface area (Å²) in [6.07, 6.45) is 4.04. The topological polar surface area (TPSA) is 39.4 Å². The van der Waals surface area contributed by atoms with Crippen LogP contribution in [0.3, 0.4) is 0 Å². The van der Waals surface area contributed by atoms with Crippen LogP contribution in [0.15, 0.2) is 21.4 Å². The lowest BCUT2D eigenvalue weighted by Crippen LogP contribution is -2.25. The molecule has 0 radical (unpaired) electrons. The minimum Gasteiger partial charge on any atom is -0.328 e. The third-order valence-corrected chi connectivity index (χ3v) is 3.43. The number of nitrogens with zero attached hydrogens (tertiary/aromatic N) is 3. The highest BCUT2D eigenvalue weighted by molar-refractivity contribution is 7.98. The minimum atomic E-state index is -0.471. The highest BCUT2D eigenvalue weighted by Crippen LogP contribution is 2.40. The molecule has 0 bridgehead atoms. The van der Waals surface area contributed by atoms with Crippen LogP contribution in [0, 0.1) is 17.1 Å². The van der Waals surface area contributed by atoms with E-state index in [0.29, 0.717) is 6.04 Å². The summed E-state index contributed by atoms with van der Waals surface area (Å²) >= 11 is 1.25. The average molecular weight is 233 g/mol. The number of rotatable bonds is 1. The van der Waals surface area contributed by atoms with E-state index in [2.05, 4.69) is 4.40 Å². The number of benzene rings is 1. The molecule has 1 aromatic carbocycles. The fraction of sp³-hybridized carbons (Fsp3) is 0.273. The molecule has 0 aromatic heterocycles. The molecule has 3 nitrogen and oxygen atoms in total. The molecule has 1 saturated carbocycles. The lowest BCUT2D eigenvalue weighted by Gasteiger charge is -2.24. The summed E-state index contributed by atoms with van der Waals surface area (Å²) in [6.45, 7) is 0. The van der Waals surface area contributed by atoms with Gasteiger partial charge in [-0.1, -0.05) is 0 Å². The molecule has 5 heteroatoms. The van der Waals surface area contributed by atoms with Crippen molar-refractivity contribution in [3.63, 3.8) is 0 Å². The second-order valence-electron chi connectivity index (χ2n) is 3.86. The van der Waals surface area contributed by atoms with Gasteiger partial charge in [0.05, 0.1) is 16.1 Å². The maximum Gasteiger partial charge on any atom is 0.142 e. The van der Waals surface area contributed by atoms with E-state index in [0.717, 1.165) is 23.4 Å². The summed E-state index contributed by atoms with van der Waals surface area (Å²) in [6, 6.07) is 5.35. The van der Waals surface area contributed by atoms with E-state index in [-0.39, 0.29) is 5.56 Å². The average Bonchev–Trinajstić information content (AvgIpc) is 3.11. The second kappa shape index (κ2) is 3.49. The minimum absolute atomic E-state index is 0.0975. The predicted molar refractivity (Wildman–Crippen MR) is 61.0 cm³/mol. The lowest BCUT2D eigenvalue weighted by atomic mass is 10.2. The molecule has 1 aromatic rings. The fourth-order valence-corrected chi connectivity index (χ4v) is 2.42. The van der Waals surface area contributed by atoms with Crippen molar-refractivity contribution in [2.75, 3.05) is 4.90 Å². The van der Waals surface area contributed by atoms with Crippen molar-refractivity contribution in [1.82, 2.24) is 0 Å². The van der Waals surface area contributed by atoms with Gasteiger partial charge >= 0.3 is 0 Å². The standard InChI is InChI=1S/C11H8FN3S/c12-9-4-11-10(3-7(9)5-13)15(6-14-16-11)8-1-2-8/h3-4,6,8H,1-2H2. The molecule has 1 fully saturated rings. The summed E-state index contributed by atoms with van der Waals surface area (Å²) in [5.41, 5.74) is 1.00. The van der Waals surface area contributed by atoms with Gasteiger partial charge in [0.1, 0.15) is 18.2 Å². The van der Waals surface area contributed by atoms with Crippen LogP contribution in [-0.4, -0.2) is 12.4 Å². The summed E-state index contributed by atoms with van der Waals surface area (Å²) in [5.74, 6) is -0.471. The molecule has 16 heavy (non-hydrogen) atoms. The van der Waals surface area contributed by atoms with Gasteiger partial charge in [-0.25, -0.2) is 8.79 Å². The Morgan fingerprint density at radius 3 is 3.00 bits per heavy atom. The maximum absolute atomic E-state index is 13.4. The van der Waals surface area contributed by atoms with Gasteiger partial charge in [-0.2, -0.15) is 5.26 Å². The summed E-state index contributed by atoms with van der Waals surface area (Å²) in [7, 11) is 0. The van der Waals surface area contributed by atoms with Crippen LogP contribution in [0.1, 0.15) is 18.4 Å². The Morgan fingerprint density at radius 1 is 1.50 bits per heavy atom. The molecule has 0 unspecified atom stereocenters. The molecule has 1 aliphatic carbocycles. The van der Waals surface area contributed by atoms with Crippen molar-refractivity contribution in [2.45, 2.75) is 23.8 Å². The third-order valence-electron chi connectivity index (χ3n) is 2.71. The molecule has 0 atom stereocenters. The molecular weight excluding hydrogens is 225 g/mol. The van der Waals surface area contributed by atoms with Gasteiger partial charge in [-0.05, 0) is 25.0 Å². The van der Waals surface area contributed by atoms with Gasteiger partial charge in [0.15, 0.2) is 0 Å². The first-order chi connectivity index (χ1) is 7.79. The summed E-state index contributed by atoms with van der Waals surface area (Å²) < 4.78 is 17.5. The molecule has 0 saturated heterocycles. The summed E-state index contributed by atoms with van der Waals surface area (Å²) in [4.78, 5) is 2.82. The second-order valence-corrected chi connectivity index (χ2v) is 4.70. The molecule has 2 aliphatic rings. The van der Waals surface area contributed by atoms with Crippen molar-refractivity contribution in [3.05, 3.63) is 23.5 Å². The van der Waals surface area contributed by atoms with E-state index in [1.165, 1.54) is 18.0 Å². The zero-order chi connectivity index (χ0) is 11.1. The molecule has 1 heterocycles. The monoisotopic (exact) mass is 233 g/mol. The van der Waals surface area contributed by atoms with E-state index in [9.17, 15) is 4.39 Å². The van der Waals surface area contributed by atoms with E-state index < -0.39 is 5.82 Å². The van der Waals surface area contributed by atoms with Crippen LogP contribution in [-0.2, 0) is 0 Å². The smallest absolute Gasteiger partial charge is 0.142 e. The van der Waals surface area contributed by atoms with Gasteiger partial charge in [0.25, 0.3) is 0 Å². The number of hydrogen-bond donors (Lipinski definition) is 0. The Bertz CT molecular complexity index is 517. The number of halogens is 1. The SMILES string of the molecule is N#Cc1cc2c(cc1F)SN=CN2C1CC1. The summed E-state index contributed by atoms with van der Waals surface area (Å²) in [5, 5.41) is 8.81. The lowest BCUT2D eigenvalue weighted by molar-refractivity contribution is 0.620. The Labute approximate surface area is 96.7 Å². The molecular formula is C11H8FN3S. The zero-order valence-electron chi connectivity index (χ0n) is 8.35. The predicted octanol–water partition coefficient (Wildman–Crippen LogP) is 2.72. The van der Waals surface area contributed by atoms with Gasteiger partial charge in [0.2, 0.25) is 0 Å². The molecule has 0 N–H and O–H groups in total. The van der Waals surface area contributed by atoms with Crippen LogP contribution >= 0.6 is 11.9 Å². The van der Waals surface area contributed by atoms with Crippen LogP contribution in [0.4, 0.5) is 10.1 Å². The molecule has 1 aliphatic heterocycles. The quantitative estimate of drug-likeness (QED) is 0.700. The van der Waals surface area contributed by atoms with Crippen molar-refractivity contribution in [2.24, 2.45) is 4.40 Å². The van der Waals surface area contributed by atoms with Crippen molar-refractivity contribution in [3.8, 4) is 6.07 Å². The highest BCUT2D eigenvalue weighted by Gasteiger charge is 2.31. The Hall–Kier alpha value is -1.54. The number of hydrogen-bond acceptors (Lipinski definition) is 4. The molecule has 3 rings (SSSR count). The molecule has 0 amide bonds. The molecule has 0 spiro atoms. The fourth-order valence-electron chi connectivity index (χ4n) is 1.74. The van der Waals surface area contributed by atoms with Gasteiger partial charge in [0, 0.05) is 18.0 Å². The normalized spacial score (nSPS) is 18.1. The van der Waals surface area contributed by atoms with E-state index in [1.807, 2.05) is 11.0 Å². The zero-order valence-corrected chi connectivity index (χ0v) is 9.17. The van der Waals surface area contributed by atoms with E-state index in [1.54, 1.807) is 12.4 Å². The first kappa shape index (κ1) is 9.67. The Balaban J connectivity index is 2.11. The van der Waals surface area contributed by atoms with Crippen molar-refractivity contribution >= 4 is 24.0 Å². The highest BCUT2D eigenvalue weighted by atomic mass is 32.2. The maximum atomic E-state index is 13.4. The molecule has 80 valence electrons. The number of fused-ring (bicyclic) bond motifs is 1. The first-order valence-corrected chi connectivity index (χ1v) is 5.79. The van der Waals surface area contributed by atoms with Crippen LogP contribution < -0.4 is 4.90 Å². The van der Waals surface area contributed by atoms with E-state index in [4.69, 9.17) is 5.26 Å². The van der Waals surface area contributed by atoms with Crippen molar-refractivity contribution < 1.29 is 4.39 Å². The number of anilines is 1. The van der Waals surface area contributed by atoms with E-state index >= 15 is 0 Å². The van der Waals surface area contributed by atoms with Crippen LogP contribution in [0.5, 0.6) is 0 Å². The number of nitriles is 1. The van der Waals surface area contributed by atoms with Crippen LogP contribution in [0.2, 0.25) is 0 Å². The largest absolute Gasteiger partial charge is 0.328 e. The van der Waals surface area contributed by atoms with Gasteiger partial charge < -0.3 is 4.90 Å². The first-order valence-electron chi connectivity index (χ1n) is 5.02. The van der Waals surface area contributed by atoms with Gasteiger partial charge in [-0.15, -0.1) is 0 Å². The van der Waals surface area contributed by atoms with Gasteiger partial charge in [-0.3, -0.25) is 0 Å².